The lowest BCUT2D eigenvalue weighted by Gasteiger charge is -1.98. The molecule has 0 atom stereocenters. The van der Waals surface area contributed by atoms with Crippen molar-refractivity contribution in [2.75, 3.05) is 12.3 Å². The van der Waals surface area contributed by atoms with Crippen molar-refractivity contribution in [3.05, 3.63) is 29.7 Å². The van der Waals surface area contributed by atoms with Crippen LogP contribution >= 0.6 is 24.0 Å². The van der Waals surface area contributed by atoms with E-state index in [0.717, 1.165) is 0 Å². The summed E-state index contributed by atoms with van der Waals surface area (Å²) in [6.07, 6.45) is 6.35. The van der Waals surface area contributed by atoms with E-state index in [0.29, 0.717) is 27.9 Å². The van der Waals surface area contributed by atoms with Gasteiger partial charge < -0.3 is 5.32 Å². The first-order valence-electron chi connectivity index (χ1n) is 4.92. The van der Waals surface area contributed by atoms with E-state index in [2.05, 4.69) is 32.9 Å². The van der Waals surface area contributed by atoms with E-state index in [1.54, 1.807) is 24.8 Å². The third kappa shape index (κ3) is 3.01. The molecular weight excluding hydrogens is 256 g/mol. The molecule has 17 heavy (non-hydrogen) atoms. The highest BCUT2D eigenvalue weighted by Gasteiger charge is 2.11. The Bertz CT molecular complexity index is 500. The lowest BCUT2D eigenvalue weighted by Crippen LogP contribution is -2.24. The van der Waals surface area contributed by atoms with Gasteiger partial charge >= 0.3 is 0 Å². The molecule has 0 bridgehead atoms. The van der Waals surface area contributed by atoms with Crippen LogP contribution < -0.4 is 5.32 Å². The predicted octanol–water partition coefficient (Wildman–Crippen LogP) is 1.26. The highest BCUT2D eigenvalue weighted by atomic mass is 32.1. The molecule has 0 saturated carbocycles. The van der Waals surface area contributed by atoms with Gasteiger partial charge in [-0.3, -0.25) is 14.8 Å². The van der Waals surface area contributed by atoms with Gasteiger partial charge in [0.25, 0.3) is 5.91 Å². The molecule has 2 rings (SSSR count). The molecule has 0 unspecified atom stereocenters. The molecule has 0 saturated heterocycles. The van der Waals surface area contributed by atoms with E-state index in [1.807, 2.05) is 0 Å². The molecule has 1 amide bonds. The molecule has 7 heteroatoms. The van der Waals surface area contributed by atoms with Gasteiger partial charge in [0.2, 0.25) is 0 Å². The summed E-state index contributed by atoms with van der Waals surface area (Å²) in [6.45, 7) is 0.542. The van der Waals surface area contributed by atoms with Crippen LogP contribution in [0.25, 0.3) is 10.7 Å². The summed E-state index contributed by atoms with van der Waals surface area (Å²) in [5.41, 5.74) is 0.672. The summed E-state index contributed by atoms with van der Waals surface area (Å²) in [7, 11) is 0. The topological polar surface area (TPSA) is 67.8 Å². The molecule has 2 heterocycles. The number of carbonyl (C=O) groups is 1. The number of nitrogens with one attached hydrogen (secondary N) is 1. The van der Waals surface area contributed by atoms with Crippen LogP contribution in [0.15, 0.2) is 24.8 Å². The number of aromatic nitrogens is 3. The lowest BCUT2D eigenvalue weighted by atomic mass is 10.5. The third-order valence-electron chi connectivity index (χ3n) is 1.91. The van der Waals surface area contributed by atoms with Crippen molar-refractivity contribution in [2.24, 2.45) is 0 Å². The van der Waals surface area contributed by atoms with E-state index in [9.17, 15) is 4.79 Å². The average Bonchev–Trinajstić information content (AvgIpc) is 2.86. The van der Waals surface area contributed by atoms with Crippen LogP contribution in [0, 0.1) is 0 Å². The second-order valence-electron chi connectivity index (χ2n) is 3.10. The van der Waals surface area contributed by atoms with Crippen LogP contribution in [0.2, 0.25) is 0 Å². The van der Waals surface area contributed by atoms with Crippen LogP contribution in [-0.4, -0.2) is 33.2 Å². The van der Waals surface area contributed by atoms with Gasteiger partial charge in [-0.25, -0.2) is 4.98 Å². The van der Waals surface area contributed by atoms with Crippen LogP contribution in [0.3, 0.4) is 0 Å². The van der Waals surface area contributed by atoms with Crippen molar-refractivity contribution in [2.45, 2.75) is 0 Å². The van der Waals surface area contributed by atoms with E-state index in [1.165, 1.54) is 11.3 Å². The van der Waals surface area contributed by atoms with E-state index in [-0.39, 0.29) is 5.91 Å². The Hall–Kier alpha value is -1.47. The zero-order chi connectivity index (χ0) is 12.1. The normalized spacial score (nSPS) is 10.2. The Morgan fingerprint density at radius 3 is 2.94 bits per heavy atom. The number of thiazole rings is 1. The van der Waals surface area contributed by atoms with Gasteiger partial charge in [-0.05, 0) is 0 Å². The Labute approximate surface area is 108 Å². The van der Waals surface area contributed by atoms with Crippen LogP contribution in [0.5, 0.6) is 0 Å². The van der Waals surface area contributed by atoms with Crippen molar-refractivity contribution in [3.8, 4) is 10.7 Å². The number of nitrogens with zero attached hydrogens (tertiary/aromatic N) is 3. The van der Waals surface area contributed by atoms with E-state index in [4.69, 9.17) is 0 Å². The number of carbonyl (C=O) groups excluding carboxylic acids is 1. The fraction of sp³-hybridized carbons (Fsp3) is 0.200. The average molecular weight is 266 g/mol. The summed E-state index contributed by atoms with van der Waals surface area (Å²) >= 11 is 5.32. The summed E-state index contributed by atoms with van der Waals surface area (Å²) < 4.78 is 0. The fourth-order valence-electron chi connectivity index (χ4n) is 1.16. The van der Waals surface area contributed by atoms with Gasteiger partial charge in [-0.2, -0.15) is 12.6 Å². The van der Waals surface area contributed by atoms with Crippen molar-refractivity contribution < 1.29 is 4.79 Å². The second-order valence-corrected chi connectivity index (χ2v) is 4.58. The van der Waals surface area contributed by atoms with Crippen molar-refractivity contribution in [3.63, 3.8) is 0 Å². The number of hydrogen-bond acceptors (Lipinski definition) is 6. The summed E-state index contributed by atoms with van der Waals surface area (Å²) in [5, 5.41) is 3.42. The number of rotatable bonds is 4. The highest BCUT2D eigenvalue weighted by molar-refractivity contribution is 7.80. The van der Waals surface area contributed by atoms with Crippen molar-refractivity contribution >= 4 is 29.9 Å². The molecule has 5 nitrogen and oxygen atoms in total. The summed E-state index contributed by atoms with van der Waals surface area (Å²) in [6, 6.07) is 0. The quantitative estimate of drug-likeness (QED) is 0.818. The zero-order valence-electron chi connectivity index (χ0n) is 8.83. The Balaban J connectivity index is 2.14. The number of hydrogen-bond donors (Lipinski definition) is 2. The first-order chi connectivity index (χ1) is 8.31. The summed E-state index contributed by atoms with van der Waals surface area (Å²) in [5.74, 6) is 0.480. The van der Waals surface area contributed by atoms with Gasteiger partial charge in [0.1, 0.15) is 15.6 Å². The highest BCUT2D eigenvalue weighted by Crippen LogP contribution is 2.22. The molecule has 0 spiro atoms. The molecule has 0 aliphatic rings. The van der Waals surface area contributed by atoms with Gasteiger partial charge in [-0.15, -0.1) is 11.3 Å². The molecular formula is C10H10N4OS2. The molecule has 0 aromatic carbocycles. The monoisotopic (exact) mass is 266 g/mol. The molecule has 2 aromatic rings. The van der Waals surface area contributed by atoms with Gasteiger partial charge in [0.05, 0.1) is 12.4 Å². The Kier molecular flexibility index (Phi) is 4.05. The van der Waals surface area contributed by atoms with E-state index >= 15 is 0 Å². The third-order valence-corrected chi connectivity index (χ3v) is 3.15. The molecule has 0 aliphatic heterocycles. The molecule has 88 valence electrons. The number of thiol groups is 1. The lowest BCUT2D eigenvalue weighted by molar-refractivity contribution is 0.0960. The first-order valence-corrected chi connectivity index (χ1v) is 6.37. The Morgan fingerprint density at radius 2 is 2.24 bits per heavy atom. The standard InChI is InChI=1S/C10H10N4OS2/c15-9(13-3-4-16)8-6-14-10(17-8)7-5-11-1-2-12-7/h1-2,5-6,16H,3-4H2,(H,13,15). The fourth-order valence-corrected chi connectivity index (χ4v) is 2.07. The van der Waals surface area contributed by atoms with Gasteiger partial charge in [0.15, 0.2) is 0 Å². The zero-order valence-corrected chi connectivity index (χ0v) is 10.5. The van der Waals surface area contributed by atoms with Crippen molar-refractivity contribution in [1.29, 1.82) is 0 Å². The van der Waals surface area contributed by atoms with Crippen LogP contribution in [0.4, 0.5) is 0 Å². The van der Waals surface area contributed by atoms with E-state index < -0.39 is 0 Å². The first kappa shape index (κ1) is 12.0. The minimum absolute atomic E-state index is 0.133. The predicted molar refractivity (Wildman–Crippen MR) is 69.3 cm³/mol. The second kappa shape index (κ2) is 5.74. The van der Waals surface area contributed by atoms with Crippen molar-refractivity contribution in [1.82, 2.24) is 20.3 Å². The summed E-state index contributed by atoms with van der Waals surface area (Å²) in [4.78, 5) is 24.4. The maximum atomic E-state index is 11.6. The molecule has 2 aromatic heterocycles. The van der Waals surface area contributed by atoms with Crippen LogP contribution in [0.1, 0.15) is 9.67 Å². The maximum absolute atomic E-state index is 11.6. The Morgan fingerprint density at radius 1 is 1.35 bits per heavy atom. The minimum atomic E-state index is -0.133. The SMILES string of the molecule is O=C(NCCS)c1cnc(-c2cnccn2)s1. The largest absolute Gasteiger partial charge is 0.350 e. The molecule has 0 aliphatic carbocycles. The smallest absolute Gasteiger partial charge is 0.263 e. The minimum Gasteiger partial charge on any atom is -0.350 e. The number of amides is 1. The van der Waals surface area contributed by atoms with Gasteiger partial charge in [0, 0.05) is 24.7 Å². The van der Waals surface area contributed by atoms with Gasteiger partial charge in [-0.1, -0.05) is 0 Å². The molecule has 0 fully saturated rings. The van der Waals surface area contributed by atoms with Crippen LogP contribution in [-0.2, 0) is 0 Å². The molecule has 0 radical (unpaired) electrons. The maximum Gasteiger partial charge on any atom is 0.263 e. The molecule has 1 N–H and O–H groups in total.